The van der Waals surface area contributed by atoms with Gasteiger partial charge in [-0.2, -0.15) is 0 Å². The number of hydrogen-bond acceptors (Lipinski definition) is 3. The monoisotopic (exact) mass is 360 g/mol. The molecule has 2 aliphatic heterocycles. The van der Waals surface area contributed by atoms with Gasteiger partial charge in [0.1, 0.15) is 0 Å². The standard InChI is InChI=1S/C16H21ClN2OS.ClH/c17-13-3-1-12(2-4-13)10-21-11-16(20)19-8-7-14-5-6-15(9-19)18-14;/h1-4,14-15,18H,5-11H2;1H. The average molecular weight is 361 g/mol. The van der Waals surface area contributed by atoms with E-state index in [0.717, 1.165) is 30.3 Å². The van der Waals surface area contributed by atoms with Crippen molar-refractivity contribution >= 4 is 41.7 Å². The second-order valence-electron chi connectivity index (χ2n) is 5.89. The fourth-order valence-electron chi connectivity index (χ4n) is 3.10. The summed E-state index contributed by atoms with van der Waals surface area (Å²) in [4.78, 5) is 14.4. The van der Waals surface area contributed by atoms with Gasteiger partial charge in [0.2, 0.25) is 5.91 Å². The molecule has 6 heteroatoms. The fraction of sp³-hybridized carbons (Fsp3) is 0.562. The Morgan fingerprint density at radius 2 is 1.95 bits per heavy atom. The molecule has 2 unspecified atom stereocenters. The van der Waals surface area contributed by atoms with E-state index in [1.807, 2.05) is 29.2 Å². The van der Waals surface area contributed by atoms with Gasteiger partial charge in [-0.1, -0.05) is 23.7 Å². The van der Waals surface area contributed by atoms with Gasteiger partial charge in [0, 0.05) is 35.9 Å². The molecular weight excluding hydrogens is 339 g/mol. The second kappa shape index (κ2) is 8.44. The van der Waals surface area contributed by atoms with Crippen LogP contribution in [0.15, 0.2) is 24.3 Å². The molecule has 122 valence electrons. The van der Waals surface area contributed by atoms with E-state index in [2.05, 4.69) is 5.32 Å². The highest BCUT2D eigenvalue weighted by atomic mass is 35.5. The van der Waals surface area contributed by atoms with Crippen LogP contribution in [-0.4, -0.2) is 41.7 Å². The first-order valence-electron chi connectivity index (χ1n) is 7.57. The maximum atomic E-state index is 12.3. The highest BCUT2D eigenvalue weighted by Crippen LogP contribution is 2.21. The fourth-order valence-corrected chi connectivity index (χ4v) is 4.11. The lowest BCUT2D eigenvalue weighted by atomic mass is 10.1. The number of carbonyl (C=O) groups is 1. The van der Waals surface area contributed by atoms with Crippen molar-refractivity contribution in [2.75, 3.05) is 18.8 Å². The average Bonchev–Trinajstić information content (AvgIpc) is 2.80. The van der Waals surface area contributed by atoms with Gasteiger partial charge in [0.25, 0.3) is 0 Å². The van der Waals surface area contributed by atoms with E-state index >= 15 is 0 Å². The normalized spacial score (nSPS) is 23.8. The Bertz CT molecular complexity index is 497. The van der Waals surface area contributed by atoms with Crippen molar-refractivity contribution in [1.82, 2.24) is 10.2 Å². The number of halogens is 2. The lowest BCUT2D eigenvalue weighted by Crippen LogP contribution is -2.39. The van der Waals surface area contributed by atoms with E-state index in [0.29, 0.717) is 17.8 Å². The zero-order valence-corrected chi connectivity index (χ0v) is 14.9. The molecule has 2 heterocycles. The molecule has 2 bridgehead atoms. The van der Waals surface area contributed by atoms with Gasteiger partial charge in [-0.05, 0) is 37.0 Å². The van der Waals surface area contributed by atoms with E-state index in [-0.39, 0.29) is 18.3 Å². The molecule has 3 nitrogen and oxygen atoms in total. The zero-order valence-electron chi connectivity index (χ0n) is 12.5. The van der Waals surface area contributed by atoms with Crippen molar-refractivity contribution < 1.29 is 4.79 Å². The molecule has 2 aliphatic rings. The lowest BCUT2D eigenvalue weighted by molar-refractivity contribution is -0.128. The summed E-state index contributed by atoms with van der Waals surface area (Å²) >= 11 is 7.56. The van der Waals surface area contributed by atoms with Gasteiger partial charge in [0.05, 0.1) is 5.75 Å². The SMILES string of the molecule is Cl.O=C(CSCc1ccc(Cl)cc1)N1CCC2CCC(C1)N2. The molecule has 2 atom stereocenters. The van der Waals surface area contributed by atoms with Crippen molar-refractivity contribution in [2.24, 2.45) is 0 Å². The summed E-state index contributed by atoms with van der Waals surface area (Å²) in [6.07, 6.45) is 3.59. The molecule has 1 amide bonds. The van der Waals surface area contributed by atoms with Crippen LogP contribution in [0.4, 0.5) is 0 Å². The number of rotatable bonds is 4. The van der Waals surface area contributed by atoms with E-state index < -0.39 is 0 Å². The Balaban J connectivity index is 0.00000176. The maximum absolute atomic E-state index is 12.3. The lowest BCUT2D eigenvalue weighted by Gasteiger charge is -2.24. The molecule has 0 aliphatic carbocycles. The quantitative estimate of drug-likeness (QED) is 0.893. The highest BCUT2D eigenvalue weighted by molar-refractivity contribution is 7.99. The van der Waals surface area contributed by atoms with Crippen LogP contribution in [0.25, 0.3) is 0 Å². The molecule has 3 rings (SSSR count). The number of thioether (sulfide) groups is 1. The summed E-state index contributed by atoms with van der Waals surface area (Å²) in [5.74, 6) is 1.71. The van der Waals surface area contributed by atoms with Crippen LogP contribution in [-0.2, 0) is 10.5 Å². The molecule has 1 N–H and O–H groups in total. The summed E-state index contributed by atoms with van der Waals surface area (Å²) in [6, 6.07) is 8.99. The third kappa shape index (κ3) is 4.79. The van der Waals surface area contributed by atoms with E-state index in [4.69, 9.17) is 11.6 Å². The highest BCUT2D eigenvalue weighted by Gasteiger charge is 2.30. The maximum Gasteiger partial charge on any atom is 0.232 e. The molecule has 1 aromatic rings. The van der Waals surface area contributed by atoms with Gasteiger partial charge in [-0.3, -0.25) is 4.79 Å². The third-order valence-corrected chi connectivity index (χ3v) is 5.52. The minimum atomic E-state index is 0. The second-order valence-corrected chi connectivity index (χ2v) is 7.31. The summed E-state index contributed by atoms with van der Waals surface area (Å²) in [5, 5.41) is 4.37. The van der Waals surface area contributed by atoms with Crippen molar-refractivity contribution in [3.63, 3.8) is 0 Å². The summed E-state index contributed by atoms with van der Waals surface area (Å²) in [6.45, 7) is 1.80. The number of nitrogens with one attached hydrogen (secondary N) is 1. The van der Waals surface area contributed by atoms with Crippen LogP contribution < -0.4 is 5.32 Å². The van der Waals surface area contributed by atoms with Crippen molar-refractivity contribution in [3.05, 3.63) is 34.9 Å². The molecule has 0 spiro atoms. The number of benzene rings is 1. The molecule has 0 radical (unpaired) electrons. The number of carbonyl (C=O) groups excluding carboxylic acids is 1. The zero-order chi connectivity index (χ0) is 14.7. The smallest absolute Gasteiger partial charge is 0.232 e. The Kier molecular flexibility index (Phi) is 6.87. The summed E-state index contributed by atoms with van der Waals surface area (Å²) < 4.78 is 0. The van der Waals surface area contributed by atoms with Crippen molar-refractivity contribution in [2.45, 2.75) is 37.1 Å². The predicted molar refractivity (Wildman–Crippen MR) is 96.0 cm³/mol. The number of amides is 1. The first kappa shape index (κ1) is 17.9. The largest absolute Gasteiger partial charge is 0.340 e. The van der Waals surface area contributed by atoms with Gasteiger partial charge in [-0.25, -0.2) is 0 Å². The van der Waals surface area contributed by atoms with Gasteiger partial charge >= 0.3 is 0 Å². The molecule has 0 aromatic heterocycles. The number of nitrogens with zero attached hydrogens (tertiary/aromatic N) is 1. The Morgan fingerprint density at radius 3 is 2.73 bits per heavy atom. The van der Waals surface area contributed by atoms with E-state index in [9.17, 15) is 4.79 Å². The van der Waals surface area contributed by atoms with Gasteiger partial charge < -0.3 is 10.2 Å². The summed E-state index contributed by atoms with van der Waals surface area (Å²) in [5.41, 5.74) is 1.22. The topological polar surface area (TPSA) is 32.3 Å². The molecule has 2 fully saturated rings. The Morgan fingerprint density at radius 1 is 1.23 bits per heavy atom. The van der Waals surface area contributed by atoms with Crippen LogP contribution in [0.1, 0.15) is 24.8 Å². The molecule has 0 saturated carbocycles. The summed E-state index contributed by atoms with van der Waals surface area (Å²) in [7, 11) is 0. The van der Waals surface area contributed by atoms with Crippen molar-refractivity contribution in [3.8, 4) is 0 Å². The molecular formula is C16H22Cl2N2OS. The van der Waals surface area contributed by atoms with Crippen LogP contribution in [0.2, 0.25) is 5.02 Å². The Hall–Kier alpha value is -0.420. The first-order valence-corrected chi connectivity index (χ1v) is 9.10. The van der Waals surface area contributed by atoms with Gasteiger partial charge in [0.15, 0.2) is 0 Å². The predicted octanol–water partition coefficient (Wildman–Crippen LogP) is 3.35. The van der Waals surface area contributed by atoms with Crippen molar-refractivity contribution in [1.29, 1.82) is 0 Å². The minimum Gasteiger partial charge on any atom is -0.340 e. The first-order chi connectivity index (χ1) is 10.2. The molecule has 2 saturated heterocycles. The third-order valence-electron chi connectivity index (χ3n) is 4.28. The van der Waals surface area contributed by atoms with Crippen LogP contribution in [0.3, 0.4) is 0 Å². The number of hydrogen-bond donors (Lipinski definition) is 1. The molecule has 1 aromatic carbocycles. The Labute approximate surface area is 147 Å². The number of likely N-dealkylation sites (tertiary alicyclic amines) is 1. The molecule has 22 heavy (non-hydrogen) atoms. The minimum absolute atomic E-state index is 0. The number of fused-ring (bicyclic) bond motifs is 2. The van der Waals surface area contributed by atoms with Crippen LogP contribution >= 0.6 is 35.8 Å². The van der Waals surface area contributed by atoms with Crippen LogP contribution in [0.5, 0.6) is 0 Å². The van der Waals surface area contributed by atoms with E-state index in [1.54, 1.807) is 11.8 Å². The van der Waals surface area contributed by atoms with Gasteiger partial charge in [-0.15, -0.1) is 24.2 Å². The van der Waals surface area contributed by atoms with Crippen LogP contribution in [0, 0.1) is 0 Å². The van der Waals surface area contributed by atoms with E-state index in [1.165, 1.54) is 18.4 Å².